The van der Waals surface area contributed by atoms with E-state index in [2.05, 4.69) is 31.6 Å². The quantitative estimate of drug-likeness (QED) is 0.120. The molecule has 1 unspecified atom stereocenters. The van der Waals surface area contributed by atoms with Crippen LogP contribution in [0.3, 0.4) is 0 Å². The van der Waals surface area contributed by atoms with Crippen LogP contribution in [-0.2, 0) is 16.0 Å². The number of rotatable bonds is 10. The highest BCUT2D eigenvalue weighted by Crippen LogP contribution is 2.10. The van der Waals surface area contributed by atoms with E-state index in [1.165, 1.54) is 0 Å². The molecule has 138 valence electrons. The summed E-state index contributed by atoms with van der Waals surface area (Å²) in [5.41, 5.74) is 11.7. The number of amides is 2. The molecule has 1 aromatic carbocycles. The van der Waals surface area contributed by atoms with Gasteiger partial charge in [0.2, 0.25) is 11.8 Å². The second kappa shape index (κ2) is 12.1. The predicted molar refractivity (Wildman–Crippen MR) is 112 cm³/mol. The van der Waals surface area contributed by atoms with Crippen LogP contribution in [0, 0.1) is 0 Å². The van der Waals surface area contributed by atoms with Gasteiger partial charge in [-0.1, -0.05) is 50.7 Å². The average Bonchev–Trinajstić information content (AvgIpc) is 2.58. The molecule has 0 aliphatic heterocycles. The third-order valence-corrected chi connectivity index (χ3v) is 4.57. The Labute approximate surface area is 169 Å². The fourth-order valence-corrected chi connectivity index (χ4v) is 2.59. The summed E-state index contributed by atoms with van der Waals surface area (Å²) in [6.45, 7) is 0.927. The molecule has 9 heteroatoms. The van der Waals surface area contributed by atoms with Gasteiger partial charge in [-0.05, 0) is 37.0 Å². The van der Waals surface area contributed by atoms with E-state index in [1.807, 2.05) is 46.9 Å². The summed E-state index contributed by atoms with van der Waals surface area (Å²) in [5, 5.41) is 5.61. The minimum Gasteiger partial charge on any atom is -0.370 e. The van der Waals surface area contributed by atoms with Crippen molar-refractivity contribution in [2.75, 3.05) is 17.5 Å². The normalized spacial score (nSPS) is 11.4. The van der Waals surface area contributed by atoms with Crippen LogP contribution >= 0.6 is 38.5 Å². The molecule has 0 saturated heterocycles. The Hall–Kier alpha value is -1.36. The molecule has 0 saturated carbocycles. The first-order valence-electron chi connectivity index (χ1n) is 7.85. The number of aliphatic imine (C=N–C) groups is 1. The minimum absolute atomic E-state index is 0.0202. The topological polar surface area (TPSA) is 123 Å². The number of carbonyl (C=O) groups excluding carboxylic acids is 2. The molecule has 0 spiro atoms. The Bertz CT molecular complexity index is 591. The van der Waals surface area contributed by atoms with Gasteiger partial charge in [-0.25, -0.2) is 0 Å². The first-order chi connectivity index (χ1) is 11.9. The average molecular weight is 524 g/mol. The predicted octanol–water partition coefficient (Wildman–Crippen LogP) is 1.08. The van der Waals surface area contributed by atoms with Gasteiger partial charge in [-0.2, -0.15) is 0 Å². The monoisotopic (exact) mass is 523 g/mol. The van der Waals surface area contributed by atoms with Crippen molar-refractivity contribution in [2.24, 2.45) is 16.5 Å². The Balaban J connectivity index is 2.48. The minimum atomic E-state index is -0.582. The molecule has 7 nitrogen and oxygen atoms in total. The van der Waals surface area contributed by atoms with Gasteiger partial charge < -0.3 is 22.1 Å². The lowest BCUT2D eigenvalue weighted by Crippen LogP contribution is -2.47. The summed E-state index contributed by atoms with van der Waals surface area (Å²) in [4.78, 5) is 27.9. The molecule has 0 aliphatic carbocycles. The maximum absolute atomic E-state index is 12.3. The van der Waals surface area contributed by atoms with E-state index in [1.54, 1.807) is 0 Å². The highest BCUT2D eigenvalue weighted by Gasteiger charge is 2.19. The zero-order valence-electron chi connectivity index (χ0n) is 13.8. The molecular formula is C16H23BrIN5O2. The Kier molecular flexibility index (Phi) is 10.5. The molecule has 0 fully saturated rings. The lowest BCUT2D eigenvalue weighted by molar-refractivity contribution is -0.128. The van der Waals surface area contributed by atoms with Crippen LogP contribution < -0.4 is 22.1 Å². The fourth-order valence-electron chi connectivity index (χ4n) is 2.11. The van der Waals surface area contributed by atoms with E-state index in [0.717, 1.165) is 16.5 Å². The summed E-state index contributed by atoms with van der Waals surface area (Å²) < 4.78 is 1.32. The number of hydrogen-bond donors (Lipinski definition) is 4. The number of nitrogens with zero attached hydrogens (tertiary/aromatic N) is 1. The number of guanidine groups is 1. The molecule has 2 amide bonds. The largest absolute Gasteiger partial charge is 0.370 e. The molecule has 0 heterocycles. The number of hydrogen-bond acceptors (Lipinski definition) is 3. The second-order valence-electron chi connectivity index (χ2n) is 5.37. The van der Waals surface area contributed by atoms with Crippen LogP contribution in [0.15, 0.2) is 33.7 Å². The first-order valence-corrected chi connectivity index (χ1v) is 10.2. The second-order valence-corrected chi connectivity index (χ2v) is 7.05. The number of benzene rings is 1. The fraction of sp³-hybridized carbons (Fsp3) is 0.438. The molecule has 0 aromatic heterocycles. The number of nitrogens with one attached hydrogen (secondary N) is 2. The van der Waals surface area contributed by atoms with Crippen molar-refractivity contribution in [2.45, 2.75) is 25.3 Å². The summed E-state index contributed by atoms with van der Waals surface area (Å²) in [6.07, 6.45) is 1.80. The Morgan fingerprint density at radius 3 is 2.52 bits per heavy atom. The van der Waals surface area contributed by atoms with Crippen LogP contribution in [0.5, 0.6) is 0 Å². The standard InChI is InChI=1S/C16H23BrIN5O2/c17-12-5-3-11(4-6-12)7-9-21-15(25)13(23-14(24)10-18)2-1-8-22-16(19)20/h3-6,13H,1-2,7-10H2,(H,21,25)(H,23,24)(H4,19,20,22). The van der Waals surface area contributed by atoms with Crippen molar-refractivity contribution in [3.05, 3.63) is 34.3 Å². The maximum atomic E-state index is 12.3. The van der Waals surface area contributed by atoms with Crippen molar-refractivity contribution in [3.63, 3.8) is 0 Å². The van der Waals surface area contributed by atoms with Crippen LogP contribution in [-0.4, -0.2) is 41.3 Å². The lowest BCUT2D eigenvalue weighted by Gasteiger charge is -2.17. The van der Waals surface area contributed by atoms with E-state index in [0.29, 0.717) is 30.4 Å². The maximum Gasteiger partial charge on any atom is 0.242 e. The van der Waals surface area contributed by atoms with Gasteiger partial charge in [-0.15, -0.1) is 0 Å². The van der Waals surface area contributed by atoms with Gasteiger partial charge in [0, 0.05) is 17.6 Å². The summed E-state index contributed by atoms with van der Waals surface area (Å²) in [7, 11) is 0. The molecule has 1 aromatic rings. The molecule has 25 heavy (non-hydrogen) atoms. The van der Waals surface area contributed by atoms with Gasteiger partial charge in [0.15, 0.2) is 5.96 Å². The number of nitrogens with two attached hydrogens (primary N) is 2. The third-order valence-electron chi connectivity index (χ3n) is 3.34. The smallest absolute Gasteiger partial charge is 0.242 e. The molecule has 6 N–H and O–H groups in total. The van der Waals surface area contributed by atoms with Gasteiger partial charge >= 0.3 is 0 Å². The van der Waals surface area contributed by atoms with Gasteiger partial charge in [0.1, 0.15) is 6.04 Å². The molecule has 1 rings (SSSR count). The van der Waals surface area contributed by atoms with Crippen molar-refractivity contribution in [1.82, 2.24) is 10.6 Å². The van der Waals surface area contributed by atoms with Crippen molar-refractivity contribution >= 4 is 56.3 Å². The van der Waals surface area contributed by atoms with Crippen LogP contribution in [0.2, 0.25) is 0 Å². The lowest BCUT2D eigenvalue weighted by atomic mass is 10.1. The van der Waals surface area contributed by atoms with E-state index < -0.39 is 6.04 Å². The van der Waals surface area contributed by atoms with E-state index >= 15 is 0 Å². The molecular weight excluding hydrogens is 501 g/mol. The van der Waals surface area contributed by atoms with Gasteiger partial charge in [0.05, 0.1) is 4.43 Å². The summed E-state index contributed by atoms with van der Waals surface area (Å²) in [5.74, 6) is -0.345. The van der Waals surface area contributed by atoms with Gasteiger partial charge in [-0.3, -0.25) is 14.6 Å². The zero-order valence-corrected chi connectivity index (χ0v) is 17.5. The van der Waals surface area contributed by atoms with Crippen molar-refractivity contribution in [1.29, 1.82) is 0 Å². The highest BCUT2D eigenvalue weighted by molar-refractivity contribution is 14.1. The van der Waals surface area contributed by atoms with Crippen LogP contribution in [0.4, 0.5) is 0 Å². The molecule has 1 atom stereocenters. The van der Waals surface area contributed by atoms with Crippen LogP contribution in [0.1, 0.15) is 18.4 Å². The molecule has 0 radical (unpaired) electrons. The number of alkyl halides is 1. The Morgan fingerprint density at radius 1 is 1.24 bits per heavy atom. The Morgan fingerprint density at radius 2 is 1.92 bits per heavy atom. The zero-order chi connectivity index (χ0) is 18.7. The van der Waals surface area contributed by atoms with E-state index in [-0.39, 0.29) is 17.8 Å². The summed E-state index contributed by atoms with van der Waals surface area (Å²) in [6, 6.07) is 7.34. The summed E-state index contributed by atoms with van der Waals surface area (Å²) >= 11 is 5.35. The van der Waals surface area contributed by atoms with Gasteiger partial charge in [0.25, 0.3) is 0 Å². The third kappa shape index (κ3) is 9.63. The van der Waals surface area contributed by atoms with Crippen molar-refractivity contribution < 1.29 is 9.59 Å². The molecule has 0 aliphatic rings. The van der Waals surface area contributed by atoms with Crippen molar-refractivity contribution in [3.8, 4) is 0 Å². The first kappa shape index (κ1) is 21.7. The van der Waals surface area contributed by atoms with E-state index in [9.17, 15) is 9.59 Å². The SMILES string of the molecule is NC(N)=NCCCC(NC(=O)CI)C(=O)NCCc1ccc(Br)cc1. The highest BCUT2D eigenvalue weighted by atomic mass is 127. The van der Waals surface area contributed by atoms with Crippen LogP contribution in [0.25, 0.3) is 0 Å². The molecule has 0 bridgehead atoms. The number of halogens is 2. The van der Waals surface area contributed by atoms with E-state index in [4.69, 9.17) is 11.5 Å². The number of carbonyl (C=O) groups is 2.